The number of carboxylic acids is 1. The van der Waals surface area contributed by atoms with Gasteiger partial charge in [0.05, 0.1) is 11.9 Å². The number of carboxylic acid groups (broad SMARTS) is 1. The van der Waals surface area contributed by atoms with Crippen LogP contribution in [-0.2, 0) is 6.54 Å². The lowest BCUT2D eigenvalue weighted by atomic mass is 10.0. The van der Waals surface area contributed by atoms with Crippen LogP contribution in [0.3, 0.4) is 0 Å². The summed E-state index contributed by atoms with van der Waals surface area (Å²) in [5.41, 5.74) is 1.60. The molecule has 0 bridgehead atoms. The van der Waals surface area contributed by atoms with Crippen LogP contribution in [0.1, 0.15) is 22.8 Å². The van der Waals surface area contributed by atoms with Gasteiger partial charge in [-0.2, -0.15) is 5.10 Å². The van der Waals surface area contributed by atoms with Crippen molar-refractivity contribution in [3.63, 3.8) is 0 Å². The summed E-state index contributed by atoms with van der Waals surface area (Å²) in [6.07, 6.45) is 3.18. The number of benzene rings is 1. The van der Waals surface area contributed by atoms with E-state index in [1.165, 1.54) is 4.68 Å². The third kappa shape index (κ3) is 3.19. The van der Waals surface area contributed by atoms with E-state index < -0.39 is 11.5 Å². The highest BCUT2D eigenvalue weighted by atomic mass is 16.4. The van der Waals surface area contributed by atoms with Gasteiger partial charge in [0.15, 0.2) is 0 Å². The number of nitrogens with zero attached hydrogens (tertiary/aromatic N) is 3. The SMILES string of the molecule is CCn1nc(-c2ccccc2)c(C(=O)O)c(Nc2cnccc2C)c1=O. The van der Waals surface area contributed by atoms with Crippen molar-refractivity contribution in [1.29, 1.82) is 0 Å². The second-order valence-corrected chi connectivity index (χ2v) is 5.71. The molecule has 0 aliphatic carbocycles. The molecular weight excluding hydrogens is 332 g/mol. The van der Waals surface area contributed by atoms with E-state index in [0.717, 1.165) is 5.56 Å². The molecule has 0 amide bonds. The Labute approximate surface area is 150 Å². The first-order valence-corrected chi connectivity index (χ1v) is 8.14. The fourth-order valence-electron chi connectivity index (χ4n) is 2.64. The number of aromatic carboxylic acids is 1. The van der Waals surface area contributed by atoms with Crippen molar-refractivity contribution in [2.24, 2.45) is 0 Å². The molecule has 3 rings (SSSR count). The number of pyridine rings is 1. The number of rotatable bonds is 5. The van der Waals surface area contributed by atoms with E-state index >= 15 is 0 Å². The molecule has 2 N–H and O–H groups in total. The lowest BCUT2D eigenvalue weighted by Crippen LogP contribution is -2.28. The Bertz CT molecular complexity index is 1010. The van der Waals surface area contributed by atoms with Gasteiger partial charge >= 0.3 is 5.97 Å². The standard InChI is InChI=1S/C19H18N4O3/c1-3-23-18(24)17(21-14-11-20-10-9-12(14)2)15(19(25)26)16(22-23)13-7-5-4-6-8-13/h4-11,21H,3H2,1-2H3,(H,25,26). The fourth-order valence-corrected chi connectivity index (χ4v) is 2.64. The second-order valence-electron chi connectivity index (χ2n) is 5.71. The molecule has 7 heteroatoms. The van der Waals surface area contributed by atoms with Crippen LogP contribution in [0.5, 0.6) is 0 Å². The van der Waals surface area contributed by atoms with Crippen molar-refractivity contribution < 1.29 is 9.90 Å². The third-order valence-electron chi connectivity index (χ3n) is 4.02. The van der Waals surface area contributed by atoms with Gasteiger partial charge in [-0.1, -0.05) is 30.3 Å². The van der Waals surface area contributed by atoms with Crippen LogP contribution in [0.2, 0.25) is 0 Å². The van der Waals surface area contributed by atoms with E-state index in [-0.39, 0.29) is 16.9 Å². The Hall–Kier alpha value is -3.48. The Morgan fingerprint density at radius 2 is 1.96 bits per heavy atom. The minimum Gasteiger partial charge on any atom is -0.478 e. The number of nitrogens with one attached hydrogen (secondary N) is 1. The van der Waals surface area contributed by atoms with Crippen molar-refractivity contribution in [2.45, 2.75) is 20.4 Å². The fraction of sp³-hybridized carbons (Fsp3) is 0.158. The molecule has 1 aromatic carbocycles. The zero-order valence-corrected chi connectivity index (χ0v) is 14.4. The molecule has 0 saturated carbocycles. The van der Waals surface area contributed by atoms with Gasteiger partial charge in [0, 0.05) is 18.3 Å². The quantitative estimate of drug-likeness (QED) is 0.734. The molecule has 3 aromatic rings. The summed E-state index contributed by atoms with van der Waals surface area (Å²) >= 11 is 0. The summed E-state index contributed by atoms with van der Waals surface area (Å²) in [7, 11) is 0. The van der Waals surface area contributed by atoms with Crippen LogP contribution >= 0.6 is 0 Å². The first-order valence-electron chi connectivity index (χ1n) is 8.14. The number of hydrogen-bond acceptors (Lipinski definition) is 5. The van der Waals surface area contributed by atoms with Gasteiger partial charge in [-0.15, -0.1) is 0 Å². The Morgan fingerprint density at radius 3 is 2.58 bits per heavy atom. The van der Waals surface area contributed by atoms with E-state index in [1.807, 2.05) is 13.0 Å². The maximum atomic E-state index is 12.8. The largest absolute Gasteiger partial charge is 0.478 e. The summed E-state index contributed by atoms with van der Waals surface area (Å²) < 4.78 is 1.25. The summed E-state index contributed by atoms with van der Waals surface area (Å²) in [5, 5.41) is 17.0. The molecule has 0 aliphatic rings. The lowest BCUT2D eigenvalue weighted by molar-refractivity contribution is 0.0698. The molecule has 0 atom stereocenters. The molecular formula is C19H18N4O3. The van der Waals surface area contributed by atoms with E-state index in [4.69, 9.17) is 0 Å². The summed E-state index contributed by atoms with van der Waals surface area (Å²) in [6.45, 7) is 3.95. The Morgan fingerprint density at radius 1 is 1.23 bits per heavy atom. The number of carbonyl (C=O) groups is 1. The van der Waals surface area contributed by atoms with E-state index in [0.29, 0.717) is 17.8 Å². The molecule has 2 heterocycles. The van der Waals surface area contributed by atoms with Crippen LogP contribution in [0.15, 0.2) is 53.6 Å². The number of anilines is 2. The van der Waals surface area contributed by atoms with Gasteiger partial charge in [-0.05, 0) is 25.5 Å². The van der Waals surface area contributed by atoms with Crippen LogP contribution in [0, 0.1) is 6.92 Å². The van der Waals surface area contributed by atoms with Crippen molar-refractivity contribution >= 4 is 17.3 Å². The number of hydrogen-bond donors (Lipinski definition) is 2. The molecule has 7 nitrogen and oxygen atoms in total. The predicted molar refractivity (Wildman–Crippen MR) is 98.8 cm³/mol. The van der Waals surface area contributed by atoms with Gasteiger partial charge in [-0.3, -0.25) is 9.78 Å². The Kier molecular flexibility index (Phi) is 4.79. The Balaban J connectivity index is 2.30. The van der Waals surface area contributed by atoms with Gasteiger partial charge in [0.1, 0.15) is 16.9 Å². The molecule has 26 heavy (non-hydrogen) atoms. The molecule has 0 unspecified atom stereocenters. The van der Waals surface area contributed by atoms with Crippen LogP contribution < -0.4 is 10.9 Å². The second kappa shape index (κ2) is 7.18. The topological polar surface area (TPSA) is 97.1 Å². The maximum Gasteiger partial charge on any atom is 0.340 e. The smallest absolute Gasteiger partial charge is 0.340 e. The van der Waals surface area contributed by atoms with Crippen molar-refractivity contribution in [3.8, 4) is 11.3 Å². The van der Waals surface area contributed by atoms with Crippen LogP contribution in [0.25, 0.3) is 11.3 Å². The van der Waals surface area contributed by atoms with Crippen LogP contribution in [-0.4, -0.2) is 25.8 Å². The summed E-state index contributed by atoms with van der Waals surface area (Å²) in [4.78, 5) is 28.8. The lowest BCUT2D eigenvalue weighted by Gasteiger charge is -2.16. The first kappa shape index (κ1) is 17.3. The van der Waals surface area contributed by atoms with Crippen molar-refractivity contribution in [1.82, 2.24) is 14.8 Å². The van der Waals surface area contributed by atoms with Gasteiger partial charge in [0.25, 0.3) is 5.56 Å². The van der Waals surface area contributed by atoms with Gasteiger partial charge in [-0.25, -0.2) is 9.48 Å². The average molecular weight is 350 g/mol. The predicted octanol–water partition coefficient (Wildman–Crippen LogP) is 3.08. The molecule has 0 radical (unpaired) electrons. The van der Waals surface area contributed by atoms with Gasteiger partial charge in [0.2, 0.25) is 0 Å². The third-order valence-corrected chi connectivity index (χ3v) is 4.02. The van der Waals surface area contributed by atoms with Crippen molar-refractivity contribution in [3.05, 3.63) is 70.3 Å². The summed E-state index contributed by atoms with van der Waals surface area (Å²) in [6, 6.07) is 10.7. The van der Waals surface area contributed by atoms with Gasteiger partial charge < -0.3 is 10.4 Å². The minimum atomic E-state index is -1.22. The van der Waals surface area contributed by atoms with Crippen LogP contribution in [0.4, 0.5) is 11.4 Å². The van der Waals surface area contributed by atoms with Crippen molar-refractivity contribution in [2.75, 3.05) is 5.32 Å². The minimum absolute atomic E-state index is 0.0238. The maximum absolute atomic E-state index is 12.8. The number of aryl methyl sites for hydroxylation is 2. The highest BCUT2D eigenvalue weighted by molar-refractivity contribution is 6.01. The first-order chi connectivity index (χ1) is 12.5. The van der Waals surface area contributed by atoms with E-state index in [1.54, 1.807) is 49.6 Å². The molecule has 0 saturated heterocycles. The van der Waals surface area contributed by atoms with E-state index in [2.05, 4.69) is 15.4 Å². The molecule has 132 valence electrons. The summed E-state index contributed by atoms with van der Waals surface area (Å²) in [5.74, 6) is -1.22. The zero-order valence-electron chi connectivity index (χ0n) is 14.4. The number of aromatic nitrogens is 3. The van der Waals surface area contributed by atoms with E-state index in [9.17, 15) is 14.7 Å². The zero-order chi connectivity index (χ0) is 18.7. The normalized spacial score (nSPS) is 10.5. The molecule has 0 aliphatic heterocycles. The molecule has 0 fully saturated rings. The molecule has 0 spiro atoms. The molecule has 2 aromatic heterocycles. The average Bonchev–Trinajstić information content (AvgIpc) is 2.65. The highest BCUT2D eigenvalue weighted by Gasteiger charge is 2.24. The monoisotopic (exact) mass is 350 g/mol. The highest BCUT2D eigenvalue weighted by Crippen LogP contribution is 2.27.